The molecular formula is C35H27NO. The van der Waals surface area contributed by atoms with Gasteiger partial charge in [-0.2, -0.15) is 0 Å². The molecule has 2 heteroatoms. The molecule has 0 unspecified atom stereocenters. The van der Waals surface area contributed by atoms with Gasteiger partial charge in [-0.3, -0.25) is 0 Å². The summed E-state index contributed by atoms with van der Waals surface area (Å²) in [4.78, 5) is 2.34. The summed E-state index contributed by atoms with van der Waals surface area (Å²) in [5.74, 6) is 0.488. The van der Waals surface area contributed by atoms with Crippen LogP contribution in [0.15, 0.2) is 126 Å². The molecule has 0 aliphatic carbocycles. The van der Waals surface area contributed by atoms with E-state index in [1.165, 1.54) is 37.9 Å². The van der Waals surface area contributed by atoms with Gasteiger partial charge in [0.25, 0.3) is 0 Å². The van der Waals surface area contributed by atoms with Crippen molar-refractivity contribution in [2.24, 2.45) is 0 Å². The molecule has 0 aliphatic heterocycles. The van der Waals surface area contributed by atoms with Crippen LogP contribution < -0.4 is 4.90 Å². The minimum Gasteiger partial charge on any atom is -0.456 e. The Bertz CT molecular complexity index is 1900. The first-order chi connectivity index (χ1) is 18.2. The van der Waals surface area contributed by atoms with E-state index in [0.717, 1.165) is 28.2 Å². The number of para-hydroxylation sites is 1. The summed E-state index contributed by atoms with van der Waals surface area (Å²) >= 11 is 0. The predicted molar refractivity (Wildman–Crippen MR) is 158 cm³/mol. The van der Waals surface area contributed by atoms with Gasteiger partial charge in [0.05, 0.1) is 5.69 Å². The van der Waals surface area contributed by atoms with Gasteiger partial charge >= 0.3 is 0 Å². The Morgan fingerprint density at radius 1 is 0.541 bits per heavy atom. The quantitative estimate of drug-likeness (QED) is 0.251. The van der Waals surface area contributed by atoms with E-state index in [9.17, 15) is 0 Å². The van der Waals surface area contributed by atoms with Gasteiger partial charge in [0, 0.05) is 33.6 Å². The van der Waals surface area contributed by atoms with Crippen LogP contribution in [0.2, 0.25) is 0 Å². The molecule has 2 nitrogen and oxygen atoms in total. The smallest absolute Gasteiger partial charge is 0.138 e. The summed E-state index contributed by atoms with van der Waals surface area (Å²) in [6.45, 7) is 4.47. The molecule has 7 rings (SSSR count). The Kier molecular flexibility index (Phi) is 5.00. The predicted octanol–water partition coefficient (Wildman–Crippen LogP) is 10.5. The van der Waals surface area contributed by atoms with Gasteiger partial charge in [0.1, 0.15) is 11.2 Å². The van der Waals surface area contributed by atoms with Gasteiger partial charge < -0.3 is 9.32 Å². The van der Waals surface area contributed by atoms with Crippen LogP contribution in [0.3, 0.4) is 0 Å². The van der Waals surface area contributed by atoms with Crippen LogP contribution in [0.4, 0.5) is 17.1 Å². The summed E-state index contributed by atoms with van der Waals surface area (Å²) in [7, 11) is 0. The van der Waals surface area contributed by atoms with E-state index >= 15 is 0 Å². The Labute approximate surface area is 216 Å². The van der Waals surface area contributed by atoms with Crippen LogP contribution in [0.5, 0.6) is 0 Å². The van der Waals surface area contributed by atoms with E-state index in [1.54, 1.807) is 0 Å². The van der Waals surface area contributed by atoms with Crippen LogP contribution in [-0.4, -0.2) is 0 Å². The average molecular weight is 478 g/mol. The normalized spacial score (nSPS) is 11.8. The van der Waals surface area contributed by atoms with Gasteiger partial charge in [-0.15, -0.1) is 0 Å². The van der Waals surface area contributed by atoms with E-state index in [4.69, 9.17) is 4.42 Å². The van der Waals surface area contributed by atoms with Crippen molar-refractivity contribution in [1.82, 2.24) is 0 Å². The van der Waals surface area contributed by atoms with Crippen molar-refractivity contribution in [2.45, 2.75) is 19.8 Å². The summed E-state index contributed by atoms with van der Waals surface area (Å²) in [5, 5.41) is 7.20. The van der Waals surface area contributed by atoms with Crippen molar-refractivity contribution >= 4 is 60.5 Å². The molecule has 0 atom stereocenters. The van der Waals surface area contributed by atoms with Gasteiger partial charge in [0.2, 0.25) is 0 Å². The fourth-order valence-electron chi connectivity index (χ4n) is 5.58. The van der Waals surface area contributed by atoms with E-state index < -0.39 is 0 Å². The first-order valence-electron chi connectivity index (χ1n) is 12.9. The summed E-state index contributed by atoms with van der Waals surface area (Å²) < 4.78 is 6.56. The SMILES string of the molecule is CC(C)c1ccc(N(c2ccccc2)c2cc3oc4ccc5ccccc5c4c3c3ccccc23)cc1. The Morgan fingerprint density at radius 2 is 1.16 bits per heavy atom. The molecule has 7 aromatic rings. The number of fused-ring (bicyclic) bond motifs is 7. The molecule has 0 N–H and O–H groups in total. The third kappa shape index (κ3) is 3.48. The second kappa shape index (κ2) is 8.53. The van der Waals surface area contributed by atoms with Crippen molar-refractivity contribution < 1.29 is 4.42 Å². The summed E-state index contributed by atoms with van der Waals surface area (Å²) in [5.41, 5.74) is 6.51. The molecule has 0 saturated carbocycles. The first-order valence-corrected chi connectivity index (χ1v) is 12.9. The van der Waals surface area contributed by atoms with Crippen molar-refractivity contribution in [3.8, 4) is 0 Å². The molecule has 0 aliphatic rings. The molecule has 1 aromatic heterocycles. The zero-order valence-corrected chi connectivity index (χ0v) is 21.0. The van der Waals surface area contributed by atoms with Crippen LogP contribution in [-0.2, 0) is 0 Å². The Balaban J connectivity index is 1.57. The summed E-state index contributed by atoms with van der Waals surface area (Å²) in [6.07, 6.45) is 0. The highest BCUT2D eigenvalue weighted by Crippen LogP contribution is 2.45. The minimum absolute atomic E-state index is 0.488. The lowest BCUT2D eigenvalue weighted by Crippen LogP contribution is -2.10. The van der Waals surface area contributed by atoms with E-state index in [1.807, 2.05) is 0 Å². The summed E-state index contributed by atoms with van der Waals surface area (Å²) in [6, 6.07) is 43.3. The number of nitrogens with zero attached hydrogens (tertiary/aromatic N) is 1. The maximum Gasteiger partial charge on any atom is 0.138 e. The lowest BCUT2D eigenvalue weighted by molar-refractivity contribution is 0.669. The third-order valence-electron chi connectivity index (χ3n) is 7.42. The molecule has 0 bridgehead atoms. The van der Waals surface area contributed by atoms with Crippen LogP contribution >= 0.6 is 0 Å². The monoisotopic (exact) mass is 477 g/mol. The second-order valence-corrected chi connectivity index (χ2v) is 9.99. The fraction of sp³-hybridized carbons (Fsp3) is 0.0857. The molecule has 0 spiro atoms. The van der Waals surface area contributed by atoms with Gasteiger partial charge in [-0.25, -0.2) is 0 Å². The van der Waals surface area contributed by atoms with Gasteiger partial charge in [0.15, 0.2) is 0 Å². The molecular weight excluding hydrogens is 450 g/mol. The van der Waals surface area contributed by atoms with Crippen molar-refractivity contribution in [2.75, 3.05) is 4.90 Å². The molecule has 1 heterocycles. The largest absolute Gasteiger partial charge is 0.456 e. The first kappa shape index (κ1) is 21.7. The van der Waals surface area contributed by atoms with Crippen LogP contribution in [0.1, 0.15) is 25.3 Å². The molecule has 0 fully saturated rings. The van der Waals surface area contributed by atoms with Gasteiger partial charge in [-0.1, -0.05) is 98.8 Å². The van der Waals surface area contributed by atoms with Crippen molar-refractivity contribution in [1.29, 1.82) is 0 Å². The lowest BCUT2D eigenvalue weighted by Gasteiger charge is -2.27. The van der Waals surface area contributed by atoms with E-state index in [0.29, 0.717) is 5.92 Å². The lowest BCUT2D eigenvalue weighted by atomic mass is 9.98. The number of benzene rings is 6. The third-order valence-corrected chi connectivity index (χ3v) is 7.42. The van der Waals surface area contributed by atoms with Crippen LogP contribution in [0, 0.1) is 0 Å². The molecule has 37 heavy (non-hydrogen) atoms. The Morgan fingerprint density at radius 3 is 1.92 bits per heavy atom. The number of rotatable bonds is 4. The second-order valence-electron chi connectivity index (χ2n) is 9.99. The zero-order valence-electron chi connectivity index (χ0n) is 21.0. The van der Waals surface area contributed by atoms with Crippen LogP contribution in [0.25, 0.3) is 43.5 Å². The molecule has 6 aromatic carbocycles. The highest BCUT2D eigenvalue weighted by molar-refractivity contribution is 6.28. The topological polar surface area (TPSA) is 16.4 Å². The maximum absolute atomic E-state index is 6.56. The zero-order chi connectivity index (χ0) is 24.9. The standard InChI is InChI=1S/C35H27NO/c1-23(2)24-16-19-27(20-17-24)36(26-11-4-3-5-12-26)31-22-33-35(30-15-9-8-14-29(30)31)34-28-13-7-6-10-25(28)18-21-32(34)37-33/h3-23H,1-2H3. The average Bonchev–Trinajstić information content (AvgIpc) is 3.33. The highest BCUT2D eigenvalue weighted by Gasteiger charge is 2.21. The molecule has 0 radical (unpaired) electrons. The number of anilines is 3. The number of hydrogen-bond acceptors (Lipinski definition) is 2. The van der Waals surface area contributed by atoms with E-state index in [2.05, 4.69) is 140 Å². The maximum atomic E-state index is 6.56. The highest BCUT2D eigenvalue weighted by atomic mass is 16.3. The van der Waals surface area contributed by atoms with E-state index in [-0.39, 0.29) is 0 Å². The van der Waals surface area contributed by atoms with Gasteiger partial charge in [-0.05, 0) is 58.0 Å². The molecule has 178 valence electrons. The number of furan rings is 1. The Hall–Kier alpha value is -4.56. The van der Waals surface area contributed by atoms with Crippen molar-refractivity contribution in [3.63, 3.8) is 0 Å². The minimum atomic E-state index is 0.488. The molecule has 0 amide bonds. The fourth-order valence-corrected chi connectivity index (χ4v) is 5.58. The molecule has 0 saturated heterocycles. The van der Waals surface area contributed by atoms with Crippen molar-refractivity contribution in [3.05, 3.63) is 127 Å². The number of hydrogen-bond donors (Lipinski definition) is 0.